The molecule has 2 aliphatic rings. The van der Waals surface area contributed by atoms with Crippen molar-refractivity contribution >= 4 is 48.9 Å². The maximum atomic E-state index is 14.5. The van der Waals surface area contributed by atoms with Gasteiger partial charge in [-0.1, -0.05) is 34.1 Å². The second-order valence-electron chi connectivity index (χ2n) is 6.42. The van der Waals surface area contributed by atoms with E-state index in [1.807, 2.05) is 29.3 Å². The van der Waals surface area contributed by atoms with Crippen molar-refractivity contribution in [2.75, 3.05) is 0 Å². The van der Waals surface area contributed by atoms with E-state index in [1.54, 1.807) is 23.5 Å². The lowest BCUT2D eigenvalue weighted by molar-refractivity contribution is -0.0212. The predicted molar refractivity (Wildman–Crippen MR) is 112 cm³/mol. The molecule has 0 saturated heterocycles. The molecule has 5 rings (SSSR count). The van der Waals surface area contributed by atoms with Crippen molar-refractivity contribution in [2.24, 2.45) is 5.10 Å². The number of halogens is 3. The van der Waals surface area contributed by atoms with Crippen LogP contribution in [0.2, 0.25) is 0 Å². The molecule has 2 atom stereocenters. The Morgan fingerprint density at radius 1 is 1.07 bits per heavy atom. The van der Waals surface area contributed by atoms with Crippen molar-refractivity contribution in [3.8, 4) is 5.75 Å². The summed E-state index contributed by atoms with van der Waals surface area (Å²) in [6.07, 6.45) is 0.163. The Bertz CT molecular complexity index is 1070. The van der Waals surface area contributed by atoms with Crippen molar-refractivity contribution in [1.82, 2.24) is 5.01 Å². The summed E-state index contributed by atoms with van der Waals surface area (Å²) >= 11 is 8.72. The zero-order chi connectivity index (χ0) is 18.5. The minimum absolute atomic E-state index is 0.00623. The first kappa shape index (κ1) is 17.4. The Morgan fingerprint density at radius 3 is 2.70 bits per heavy atom. The minimum Gasteiger partial charge on any atom is -0.464 e. The quantitative estimate of drug-likeness (QED) is 0.387. The molecule has 2 aliphatic heterocycles. The fraction of sp³-hybridized carbons (Fsp3) is 0.150. The van der Waals surface area contributed by atoms with Crippen molar-refractivity contribution < 1.29 is 9.13 Å². The Hall–Kier alpha value is -1.70. The first-order chi connectivity index (χ1) is 13.1. The van der Waals surface area contributed by atoms with Crippen molar-refractivity contribution in [3.63, 3.8) is 0 Å². The zero-order valence-electron chi connectivity index (χ0n) is 13.9. The van der Waals surface area contributed by atoms with E-state index in [0.29, 0.717) is 5.56 Å². The van der Waals surface area contributed by atoms with Gasteiger partial charge >= 0.3 is 0 Å². The van der Waals surface area contributed by atoms with Crippen LogP contribution in [0.3, 0.4) is 0 Å². The van der Waals surface area contributed by atoms with E-state index in [1.165, 1.54) is 6.07 Å². The molecule has 136 valence electrons. The molecule has 0 aliphatic carbocycles. The second-order valence-corrected chi connectivity index (χ2v) is 9.80. The summed E-state index contributed by atoms with van der Waals surface area (Å²) in [6, 6.07) is 16.8. The normalized spacial score (nSPS) is 20.7. The Labute approximate surface area is 176 Å². The number of hydrazone groups is 1. The van der Waals surface area contributed by atoms with Gasteiger partial charge in [-0.05, 0) is 52.3 Å². The Kier molecular flexibility index (Phi) is 4.33. The van der Waals surface area contributed by atoms with Gasteiger partial charge in [-0.2, -0.15) is 5.10 Å². The zero-order valence-corrected chi connectivity index (χ0v) is 17.9. The highest BCUT2D eigenvalue weighted by molar-refractivity contribution is 9.11. The Balaban J connectivity index is 1.63. The number of ether oxygens (including phenoxy) is 1. The number of hydrogen-bond acceptors (Lipinski definition) is 4. The molecule has 0 N–H and O–H groups in total. The molecule has 0 unspecified atom stereocenters. The largest absolute Gasteiger partial charge is 0.464 e. The van der Waals surface area contributed by atoms with Crippen LogP contribution in [0.25, 0.3) is 0 Å². The molecule has 0 bridgehead atoms. The number of thiophene rings is 1. The van der Waals surface area contributed by atoms with Gasteiger partial charge in [-0.15, -0.1) is 11.3 Å². The summed E-state index contributed by atoms with van der Waals surface area (Å²) in [7, 11) is 0. The fourth-order valence-electron chi connectivity index (χ4n) is 3.56. The predicted octanol–water partition coefficient (Wildman–Crippen LogP) is 6.65. The number of hydrogen-bond donors (Lipinski definition) is 0. The first-order valence-corrected chi connectivity index (χ1v) is 10.8. The van der Waals surface area contributed by atoms with E-state index in [4.69, 9.17) is 9.84 Å². The molecule has 3 aromatic rings. The smallest absolute Gasteiger partial charge is 0.216 e. The van der Waals surface area contributed by atoms with Gasteiger partial charge < -0.3 is 4.74 Å². The van der Waals surface area contributed by atoms with Crippen molar-refractivity contribution in [2.45, 2.75) is 18.7 Å². The van der Waals surface area contributed by atoms with Crippen molar-refractivity contribution in [1.29, 1.82) is 0 Å². The number of fused-ring (bicyclic) bond motifs is 3. The maximum Gasteiger partial charge on any atom is 0.216 e. The van der Waals surface area contributed by atoms with Gasteiger partial charge in [-0.25, -0.2) is 9.40 Å². The average Bonchev–Trinajstić information content (AvgIpc) is 3.28. The molecule has 27 heavy (non-hydrogen) atoms. The average molecular weight is 508 g/mol. The molecule has 0 fully saturated rings. The Morgan fingerprint density at radius 2 is 1.93 bits per heavy atom. The van der Waals surface area contributed by atoms with Crippen LogP contribution in [-0.4, -0.2) is 10.7 Å². The minimum atomic E-state index is -0.592. The third-order valence-corrected chi connectivity index (χ3v) is 6.95. The molecule has 3 heterocycles. The fourth-order valence-corrected chi connectivity index (χ4v) is 5.32. The van der Waals surface area contributed by atoms with Crippen LogP contribution in [0.5, 0.6) is 5.75 Å². The molecule has 7 heteroatoms. The van der Waals surface area contributed by atoms with Crippen LogP contribution < -0.4 is 4.74 Å². The highest BCUT2D eigenvalue weighted by Gasteiger charge is 2.42. The summed E-state index contributed by atoms with van der Waals surface area (Å²) in [6.45, 7) is 0. The van der Waals surface area contributed by atoms with E-state index in [9.17, 15) is 4.39 Å². The van der Waals surface area contributed by atoms with E-state index in [0.717, 1.165) is 36.6 Å². The van der Waals surface area contributed by atoms with Crippen molar-refractivity contribution in [3.05, 3.63) is 84.7 Å². The van der Waals surface area contributed by atoms with Gasteiger partial charge in [0.15, 0.2) is 0 Å². The SMILES string of the molecule is Fc1ccccc1[C@H]1Oc2ccc(Br)cc2[C@H]2CC(c3ccc(Br)s3)=NN21. The first-order valence-electron chi connectivity index (χ1n) is 8.42. The third kappa shape index (κ3) is 3.02. The summed E-state index contributed by atoms with van der Waals surface area (Å²) in [5.74, 6) is 0.487. The highest BCUT2D eigenvalue weighted by Crippen LogP contribution is 2.48. The summed E-state index contributed by atoms with van der Waals surface area (Å²) in [4.78, 5) is 1.11. The van der Waals surface area contributed by atoms with E-state index in [-0.39, 0.29) is 11.9 Å². The second kappa shape index (κ2) is 6.72. The lowest BCUT2D eigenvalue weighted by Gasteiger charge is -2.38. The van der Waals surface area contributed by atoms with E-state index >= 15 is 0 Å². The standard InChI is InChI=1S/C20H13Br2FN2OS/c21-11-5-6-17-13(9-11)16-10-15(18-7-8-19(22)27-18)24-25(16)20(26-17)12-3-1-2-4-14(12)23/h1-9,16,20H,10H2/t16-,20-/m1/s1. The molecule has 3 nitrogen and oxygen atoms in total. The summed E-state index contributed by atoms with van der Waals surface area (Å²) in [5, 5.41) is 6.75. The van der Waals surface area contributed by atoms with E-state index < -0.39 is 6.23 Å². The molecular weight excluding hydrogens is 495 g/mol. The molecule has 0 radical (unpaired) electrons. The molecule has 0 saturated carbocycles. The van der Waals surface area contributed by atoms with Gasteiger partial charge in [0.25, 0.3) is 0 Å². The highest BCUT2D eigenvalue weighted by atomic mass is 79.9. The summed E-state index contributed by atoms with van der Waals surface area (Å²) in [5.41, 5.74) is 2.55. The number of rotatable bonds is 2. The molecule has 1 aromatic heterocycles. The lowest BCUT2D eigenvalue weighted by Crippen LogP contribution is -2.34. The van der Waals surface area contributed by atoms with Gasteiger partial charge in [0, 0.05) is 16.5 Å². The van der Waals surface area contributed by atoms with Crippen LogP contribution in [0.1, 0.15) is 34.7 Å². The van der Waals surface area contributed by atoms with Crippen LogP contribution in [0, 0.1) is 5.82 Å². The van der Waals surface area contributed by atoms with Gasteiger partial charge in [0.05, 0.1) is 26.0 Å². The van der Waals surface area contributed by atoms with Gasteiger partial charge in [-0.3, -0.25) is 0 Å². The summed E-state index contributed by atoms with van der Waals surface area (Å²) < 4.78 is 22.8. The topological polar surface area (TPSA) is 24.8 Å². The van der Waals surface area contributed by atoms with E-state index in [2.05, 4.69) is 44.0 Å². The number of benzene rings is 2. The van der Waals surface area contributed by atoms with Crippen LogP contribution in [-0.2, 0) is 0 Å². The number of nitrogens with zero attached hydrogens (tertiary/aromatic N) is 2. The third-order valence-electron chi connectivity index (χ3n) is 4.78. The molecule has 2 aromatic carbocycles. The van der Waals surface area contributed by atoms with Gasteiger partial charge in [0.2, 0.25) is 6.23 Å². The maximum absolute atomic E-state index is 14.5. The molecule has 0 spiro atoms. The molecule has 0 amide bonds. The van der Waals surface area contributed by atoms with Crippen LogP contribution in [0.15, 0.2) is 68.0 Å². The monoisotopic (exact) mass is 506 g/mol. The van der Waals surface area contributed by atoms with Crippen LogP contribution in [0.4, 0.5) is 4.39 Å². The lowest BCUT2D eigenvalue weighted by atomic mass is 9.97. The van der Waals surface area contributed by atoms with Crippen LogP contribution >= 0.6 is 43.2 Å². The van der Waals surface area contributed by atoms with Gasteiger partial charge in [0.1, 0.15) is 11.6 Å². The molecular formula is C20H13Br2FN2OS.